The number of terminal acetylenes is 1. The fourth-order valence-corrected chi connectivity index (χ4v) is 3.67. The smallest absolute Gasteiger partial charge is 0.323 e. The van der Waals surface area contributed by atoms with Crippen LogP contribution in [0, 0.1) is 12.3 Å². The molecule has 0 radical (unpaired) electrons. The number of carbonyl (C=O) groups is 1. The Labute approximate surface area is 157 Å². The maximum absolute atomic E-state index is 12.3. The van der Waals surface area contributed by atoms with Crippen LogP contribution in [0.25, 0.3) is 10.9 Å². The van der Waals surface area contributed by atoms with Crippen LogP contribution in [-0.2, 0) is 16.0 Å². The van der Waals surface area contributed by atoms with E-state index in [2.05, 4.69) is 28.4 Å². The lowest BCUT2D eigenvalue weighted by atomic mass is 9.90. The fraction of sp³-hybridized carbons (Fsp3) is 0.227. The van der Waals surface area contributed by atoms with Crippen molar-refractivity contribution in [2.45, 2.75) is 18.5 Å². The minimum absolute atomic E-state index is 0.146. The molecule has 3 aromatic rings. The van der Waals surface area contributed by atoms with Crippen LogP contribution in [-0.4, -0.2) is 30.7 Å². The number of ether oxygens (including phenoxy) is 2. The van der Waals surface area contributed by atoms with E-state index in [9.17, 15) is 4.79 Å². The van der Waals surface area contributed by atoms with E-state index in [0.29, 0.717) is 12.2 Å². The number of carbonyl (C=O) groups excluding carboxylic acids is 1. The van der Waals surface area contributed by atoms with Crippen LogP contribution in [0.15, 0.2) is 48.5 Å². The number of esters is 1. The number of H-pyrrole nitrogens is 1. The van der Waals surface area contributed by atoms with Gasteiger partial charge in [0.25, 0.3) is 0 Å². The summed E-state index contributed by atoms with van der Waals surface area (Å²) in [5.41, 5.74) is 4.32. The molecule has 27 heavy (non-hydrogen) atoms. The highest BCUT2D eigenvalue weighted by Gasteiger charge is 2.34. The molecule has 1 aromatic heterocycles. The quantitative estimate of drug-likeness (QED) is 0.555. The van der Waals surface area contributed by atoms with E-state index in [4.69, 9.17) is 15.9 Å². The van der Waals surface area contributed by atoms with Crippen molar-refractivity contribution in [1.82, 2.24) is 10.3 Å². The summed E-state index contributed by atoms with van der Waals surface area (Å²) in [5, 5.41) is 4.56. The molecule has 2 atom stereocenters. The highest BCUT2D eigenvalue weighted by Crippen LogP contribution is 2.35. The number of benzene rings is 2. The van der Waals surface area contributed by atoms with Gasteiger partial charge in [0.05, 0.1) is 13.2 Å². The number of aromatic amines is 1. The van der Waals surface area contributed by atoms with E-state index >= 15 is 0 Å². The zero-order valence-electron chi connectivity index (χ0n) is 15.0. The van der Waals surface area contributed by atoms with Crippen LogP contribution in [0.1, 0.15) is 22.9 Å². The highest BCUT2D eigenvalue weighted by molar-refractivity contribution is 5.87. The number of methoxy groups -OCH3 is 1. The Morgan fingerprint density at radius 2 is 2.00 bits per heavy atom. The molecule has 0 amide bonds. The summed E-state index contributed by atoms with van der Waals surface area (Å²) in [7, 11) is 1.42. The Balaban J connectivity index is 1.75. The summed E-state index contributed by atoms with van der Waals surface area (Å²) in [6.45, 7) is 0.234. The first-order valence-corrected chi connectivity index (χ1v) is 8.81. The average molecular weight is 360 g/mol. The van der Waals surface area contributed by atoms with E-state index in [1.54, 1.807) is 0 Å². The number of hydrogen-bond acceptors (Lipinski definition) is 4. The molecule has 2 N–H and O–H groups in total. The van der Waals surface area contributed by atoms with Crippen LogP contribution < -0.4 is 10.1 Å². The maximum atomic E-state index is 12.3. The molecular formula is C22H20N2O3. The summed E-state index contributed by atoms with van der Waals surface area (Å²) in [4.78, 5) is 15.8. The van der Waals surface area contributed by atoms with Crippen LogP contribution in [0.2, 0.25) is 0 Å². The molecular weight excluding hydrogens is 340 g/mol. The van der Waals surface area contributed by atoms with E-state index in [1.807, 2.05) is 36.4 Å². The fourth-order valence-electron chi connectivity index (χ4n) is 3.67. The van der Waals surface area contributed by atoms with Crippen molar-refractivity contribution in [3.05, 3.63) is 65.4 Å². The molecule has 1 aliphatic heterocycles. The Morgan fingerprint density at radius 1 is 1.22 bits per heavy atom. The van der Waals surface area contributed by atoms with Gasteiger partial charge in [0.1, 0.15) is 18.4 Å². The summed E-state index contributed by atoms with van der Waals surface area (Å²) in [5.74, 6) is 2.91. The molecule has 0 fully saturated rings. The van der Waals surface area contributed by atoms with Gasteiger partial charge in [-0.05, 0) is 29.3 Å². The van der Waals surface area contributed by atoms with Crippen molar-refractivity contribution in [2.24, 2.45) is 0 Å². The Bertz CT molecular complexity index is 1010. The molecule has 2 heterocycles. The third kappa shape index (κ3) is 3.16. The summed E-state index contributed by atoms with van der Waals surface area (Å²) in [6, 6.07) is 15.3. The lowest BCUT2D eigenvalue weighted by molar-refractivity contribution is -0.143. The van der Waals surface area contributed by atoms with E-state index < -0.39 is 6.04 Å². The molecule has 4 rings (SSSR count). The second-order valence-corrected chi connectivity index (χ2v) is 6.50. The zero-order chi connectivity index (χ0) is 18.8. The second kappa shape index (κ2) is 7.18. The second-order valence-electron chi connectivity index (χ2n) is 6.50. The van der Waals surface area contributed by atoms with Gasteiger partial charge >= 0.3 is 5.97 Å². The van der Waals surface area contributed by atoms with E-state index in [1.165, 1.54) is 7.11 Å². The third-order valence-corrected chi connectivity index (χ3v) is 4.93. The first kappa shape index (κ1) is 17.2. The van der Waals surface area contributed by atoms with Crippen molar-refractivity contribution in [3.63, 3.8) is 0 Å². The number of nitrogens with one attached hydrogen (secondary N) is 2. The van der Waals surface area contributed by atoms with Gasteiger partial charge in [-0.25, -0.2) is 0 Å². The van der Waals surface area contributed by atoms with Gasteiger partial charge in [-0.3, -0.25) is 10.1 Å². The van der Waals surface area contributed by atoms with E-state index in [-0.39, 0.29) is 18.6 Å². The standard InChI is InChI=1S/C22H20N2O3/c1-3-12-27-15-10-8-14(9-11-15)20-21-17(13-19(24-20)22(25)26-2)16-6-4-5-7-18(16)23-21/h1,4-11,19-20,23-24H,12-13H2,2H3. The predicted octanol–water partition coefficient (Wildman–Crippen LogP) is 2.96. The van der Waals surface area contributed by atoms with Crippen molar-refractivity contribution < 1.29 is 14.3 Å². The minimum Gasteiger partial charge on any atom is -0.481 e. The van der Waals surface area contributed by atoms with Crippen LogP contribution >= 0.6 is 0 Å². The molecule has 0 saturated heterocycles. The molecule has 0 saturated carbocycles. The normalized spacial score (nSPS) is 18.5. The SMILES string of the molecule is C#CCOc1ccc(C2NC(C(=O)OC)Cc3c2[nH]c2ccccc32)cc1. The first-order chi connectivity index (χ1) is 13.2. The lowest BCUT2D eigenvalue weighted by Gasteiger charge is -2.30. The number of fused-ring (bicyclic) bond motifs is 3. The number of rotatable bonds is 4. The third-order valence-electron chi connectivity index (χ3n) is 4.93. The summed E-state index contributed by atoms with van der Waals surface area (Å²) < 4.78 is 10.4. The molecule has 0 aliphatic carbocycles. The van der Waals surface area contributed by atoms with Gasteiger partial charge < -0.3 is 14.5 Å². The van der Waals surface area contributed by atoms with Crippen molar-refractivity contribution in [1.29, 1.82) is 0 Å². The van der Waals surface area contributed by atoms with Gasteiger partial charge in [-0.2, -0.15) is 0 Å². The predicted molar refractivity (Wildman–Crippen MR) is 104 cm³/mol. The molecule has 5 nitrogen and oxygen atoms in total. The van der Waals surface area contributed by atoms with Gasteiger partial charge in [0.2, 0.25) is 0 Å². The topological polar surface area (TPSA) is 63.4 Å². The number of para-hydroxylation sites is 1. The summed E-state index contributed by atoms with van der Waals surface area (Å²) >= 11 is 0. The monoisotopic (exact) mass is 360 g/mol. The zero-order valence-corrected chi connectivity index (χ0v) is 15.0. The van der Waals surface area contributed by atoms with Gasteiger partial charge in [-0.1, -0.05) is 36.3 Å². The highest BCUT2D eigenvalue weighted by atomic mass is 16.5. The molecule has 0 spiro atoms. The molecule has 2 unspecified atom stereocenters. The van der Waals surface area contributed by atoms with Gasteiger partial charge in [-0.15, -0.1) is 6.42 Å². The van der Waals surface area contributed by atoms with Crippen molar-refractivity contribution in [2.75, 3.05) is 13.7 Å². The van der Waals surface area contributed by atoms with Crippen LogP contribution in [0.5, 0.6) is 5.75 Å². The number of aromatic nitrogens is 1. The Morgan fingerprint density at radius 3 is 2.74 bits per heavy atom. The van der Waals surface area contributed by atoms with Crippen LogP contribution in [0.3, 0.4) is 0 Å². The molecule has 5 heteroatoms. The number of hydrogen-bond donors (Lipinski definition) is 2. The summed E-state index contributed by atoms with van der Waals surface area (Å²) in [6.07, 6.45) is 5.83. The molecule has 2 aromatic carbocycles. The molecule has 1 aliphatic rings. The minimum atomic E-state index is -0.399. The lowest BCUT2D eigenvalue weighted by Crippen LogP contribution is -2.45. The van der Waals surface area contributed by atoms with Gasteiger partial charge in [0.15, 0.2) is 0 Å². The van der Waals surface area contributed by atoms with Crippen LogP contribution in [0.4, 0.5) is 0 Å². The molecule has 0 bridgehead atoms. The van der Waals surface area contributed by atoms with Gasteiger partial charge in [0, 0.05) is 23.0 Å². The maximum Gasteiger partial charge on any atom is 0.323 e. The Kier molecular flexibility index (Phi) is 4.57. The van der Waals surface area contributed by atoms with Crippen molar-refractivity contribution in [3.8, 4) is 18.1 Å². The van der Waals surface area contributed by atoms with Crippen molar-refractivity contribution >= 4 is 16.9 Å². The average Bonchev–Trinajstić information content (AvgIpc) is 3.10. The first-order valence-electron chi connectivity index (χ1n) is 8.81. The molecule has 136 valence electrons. The Hall–Kier alpha value is -3.23. The largest absolute Gasteiger partial charge is 0.481 e. The van der Waals surface area contributed by atoms with E-state index in [0.717, 1.165) is 27.7 Å².